The molecule has 0 saturated heterocycles. The molecule has 1 heterocycles. The molecular formula is C13H8ClF3N2O3. The molecule has 0 amide bonds. The lowest BCUT2D eigenvalue weighted by atomic mass is 10.1. The van der Waals surface area contributed by atoms with Crippen LogP contribution in [0.15, 0.2) is 41.3 Å². The monoisotopic (exact) mass is 332 g/mol. The molecule has 0 spiro atoms. The van der Waals surface area contributed by atoms with Crippen molar-refractivity contribution in [3.05, 3.63) is 73.1 Å². The fourth-order valence-electron chi connectivity index (χ4n) is 1.83. The number of nitrogens with zero attached hydrogens (tertiary/aromatic N) is 2. The summed E-state index contributed by atoms with van der Waals surface area (Å²) in [6.07, 6.45) is -3.20. The SMILES string of the molecule is O=c1c([N+](=O)[O-])c(Cl)ccn1Cc1ccc(C(F)(F)F)cc1. The van der Waals surface area contributed by atoms with Crippen molar-refractivity contribution in [2.75, 3.05) is 0 Å². The van der Waals surface area contributed by atoms with Gasteiger partial charge in [-0.3, -0.25) is 14.9 Å². The molecule has 1 aromatic carbocycles. The highest BCUT2D eigenvalue weighted by Gasteiger charge is 2.30. The topological polar surface area (TPSA) is 65.1 Å². The van der Waals surface area contributed by atoms with Crippen LogP contribution in [0.4, 0.5) is 18.9 Å². The van der Waals surface area contributed by atoms with E-state index < -0.39 is 27.9 Å². The zero-order valence-corrected chi connectivity index (χ0v) is 11.6. The molecule has 0 aliphatic carbocycles. The van der Waals surface area contributed by atoms with Gasteiger partial charge in [0.15, 0.2) is 0 Å². The molecule has 0 aliphatic heterocycles. The summed E-state index contributed by atoms with van der Waals surface area (Å²) in [5.41, 5.74) is -2.11. The Bertz CT molecular complexity index is 770. The standard InChI is InChI=1S/C13H8ClF3N2O3/c14-10-5-6-18(12(20)11(10)19(21)22)7-8-1-3-9(4-2-8)13(15,16)17/h1-6H,7H2. The Morgan fingerprint density at radius 1 is 1.18 bits per heavy atom. The van der Waals surface area contributed by atoms with Gasteiger partial charge in [0.25, 0.3) is 0 Å². The van der Waals surface area contributed by atoms with Crippen LogP contribution in [0.2, 0.25) is 5.02 Å². The molecule has 0 atom stereocenters. The van der Waals surface area contributed by atoms with Crippen molar-refractivity contribution >= 4 is 17.3 Å². The second-order valence-corrected chi connectivity index (χ2v) is 4.80. The summed E-state index contributed by atoms with van der Waals surface area (Å²) in [4.78, 5) is 21.8. The van der Waals surface area contributed by atoms with Crippen molar-refractivity contribution in [2.24, 2.45) is 0 Å². The van der Waals surface area contributed by atoms with E-state index in [-0.39, 0.29) is 11.6 Å². The number of hydrogen-bond donors (Lipinski definition) is 0. The number of aromatic nitrogens is 1. The van der Waals surface area contributed by atoms with E-state index in [1.165, 1.54) is 24.4 Å². The average Bonchev–Trinajstić information content (AvgIpc) is 2.41. The number of rotatable bonds is 3. The van der Waals surface area contributed by atoms with E-state index in [0.717, 1.165) is 16.7 Å². The number of pyridine rings is 1. The van der Waals surface area contributed by atoms with Crippen LogP contribution in [0, 0.1) is 10.1 Å². The van der Waals surface area contributed by atoms with E-state index in [0.29, 0.717) is 5.56 Å². The number of benzene rings is 1. The Labute approximate surface area is 126 Å². The lowest BCUT2D eigenvalue weighted by Crippen LogP contribution is -2.22. The first-order valence-corrected chi connectivity index (χ1v) is 6.27. The lowest BCUT2D eigenvalue weighted by molar-refractivity contribution is -0.386. The molecule has 9 heteroatoms. The molecule has 0 radical (unpaired) electrons. The summed E-state index contributed by atoms with van der Waals surface area (Å²) < 4.78 is 38.4. The third-order valence-electron chi connectivity index (χ3n) is 2.91. The predicted molar refractivity (Wildman–Crippen MR) is 72.9 cm³/mol. The summed E-state index contributed by atoms with van der Waals surface area (Å²) in [6.45, 7) is -0.102. The van der Waals surface area contributed by atoms with E-state index in [1.807, 2.05) is 0 Å². The number of alkyl halides is 3. The summed E-state index contributed by atoms with van der Waals surface area (Å²) in [5.74, 6) is 0. The first-order chi connectivity index (χ1) is 10.2. The minimum absolute atomic E-state index is 0.102. The van der Waals surface area contributed by atoms with Gasteiger partial charge in [-0.25, -0.2) is 0 Å². The molecule has 0 unspecified atom stereocenters. The molecule has 0 N–H and O–H groups in total. The number of hydrogen-bond acceptors (Lipinski definition) is 3. The molecule has 0 saturated carbocycles. The van der Waals surface area contributed by atoms with Crippen LogP contribution in [0.5, 0.6) is 0 Å². The van der Waals surface area contributed by atoms with Gasteiger partial charge in [-0.15, -0.1) is 0 Å². The van der Waals surface area contributed by atoms with Crippen molar-refractivity contribution in [3.63, 3.8) is 0 Å². The third kappa shape index (κ3) is 3.28. The number of halogens is 4. The minimum Gasteiger partial charge on any atom is -0.305 e. The zero-order valence-electron chi connectivity index (χ0n) is 10.8. The zero-order chi connectivity index (χ0) is 16.5. The predicted octanol–water partition coefficient (Wildman–Crippen LogP) is 3.48. The van der Waals surface area contributed by atoms with Crippen LogP contribution in [-0.2, 0) is 12.7 Å². The maximum Gasteiger partial charge on any atom is 0.416 e. The van der Waals surface area contributed by atoms with Crippen LogP contribution < -0.4 is 5.56 Å². The van der Waals surface area contributed by atoms with Gasteiger partial charge < -0.3 is 4.57 Å². The highest BCUT2D eigenvalue weighted by atomic mass is 35.5. The quantitative estimate of drug-likeness (QED) is 0.638. The van der Waals surface area contributed by atoms with Crippen molar-refractivity contribution in [2.45, 2.75) is 12.7 Å². The first-order valence-electron chi connectivity index (χ1n) is 5.89. The maximum absolute atomic E-state index is 12.5. The molecule has 0 bridgehead atoms. The van der Waals surface area contributed by atoms with Crippen molar-refractivity contribution in [3.8, 4) is 0 Å². The Morgan fingerprint density at radius 3 is 2.27 bits per heavy atom. The van der Waals surface area contributed by atoms with Gasteiger partial charge in [-0.1, -0.05) is 23.7 Å². The van der Waals surface area contributed by atoms with E-state index in [9.17, 15) is 28.1 Å². The molecule has 1 aromatic heterocycles. The van der Waals surface area contributed by atoms with Gasteiger partial charge in [0.1, 0.15) is 5.02 Å². The third-order valence-corrected chi connectivity index (χ3v) is 3.21. The highest BCUT2D eigenvalue weighted by Crippen LogP contribution is 2.29. The van der Waals surface area contributed by atoms with E-state index in [4.69, 9.17) is 11.6 Å². The normalized spacial score (nSPS) is 11.5. The Balaban J connectivity index is 2.34. The fourth-order valence-corrected chi connectivity index (χ4v) is 2.03. The largest absolute Gasteiger partial charge is 0.416 e. The highest BCUT2D eigenvalue weighted by molar-refractivity contribution is 6.32. The average molecular weight is 333 g/mol. The molecule has 0 fully saturated rings. The molecule has 22 heavy (non-hydrogen) atoms. The summed E-state index contributed by atoms with van der Waals surface area (Å²) in [5, 5.41) is 10.5. The van der Waals surface area contributed by atoms with Gasteiger partial charge in [-0.2, -0.15) is 13.2 Å². The van der Waals surface area contributed by atoms with Gasteiger partial charge in [0, 0.05) is 6.20 Å². The molecule has 5 nitrogen and oxygen atoms in total. The van der Waals surface area contributed by atoms with Gasteiger partial charge in [0.2, 0.25) is 0 Å². The van der Waals surface area contributed by atoms with E-state index in [2.05, 4.69) is 0 Å². The molecule has 0 aliphatic rings. The first kappa shape index (κ1) is 16.0. The molecule has 116 valence electrons. The summed E-state index contributed by atoms with van der Waals surface area (Å²) >= 11 is 5.59. The van der Waals surface area contributed by atoms with Crippen molar-refractivity contribution in [1.29, 1.82) is 0 Å². The molecular weight excluding hydrogens is 325 g/mol. The van der Waals surface area contributed by atoms with Crippen molar-refractivity contribution in [1.82, 2.24) is 4.57 Å². The second-order valence-electron chi connectivity index (χ2n) is 4.40. The Kier molecular flexibility index (Phi) is 4.23. The minimum atomic E-state index is -4.45. The smallest absolute Gasteiger partial charge is 0.305 e. The maximum atomic E-state index is 12.5. The summed E-state index contributed by atoms with van der Waals surface area (Å²) in [6, 6.07) is 5.35. The van der Waals surface area contributed by atoms with E-state index >= 15 is 0 Å². The van der Waals surface area contributed by atoms with Crippen LogP contribution in [-0.4, -0.2) is 9.49 Å². The van der Waals surface area contributed by atoms with Crippen LogP contribution in [0.3, 0.4) is 0 Å². The van der Waals surface area contributed by atoms with Gasteiger partial charge in [0.05, 0.1) is 17.0 Å². The van der Waals surface area contributed by atoms with Crippen LogP contribution in [0.1, 0.15) is 11.1 Å². The van der Waals surface area contributed by atoms with Crippen LogP contribution in [0.25, 0.3) is 0 Å². The lowest BCUT2D eigenvalue weighted by Gasteiger charge is -2.09. The summed E-state index contributed by atoms with van der Waals surface area (Å²) in [7, 11) is 0. The molecule has 2 rings (SSSR count). The van der Waals surface area contributed by atoms with Gasteiger partial charge in [-0.05, 0) is 23.8 Å². The molecule has 2 aromatic rings. The second kappa shape index (κ2) is 5.80. The van der Waals surface area contributed by atoms with Crippen molar-refractivity contribution < 1.29 is 18.1 Å². The Hall–Kier alpha value is -2.35. The van der Waals surface area contributed by atoms with Crippen LogP contribution >= 0.6 is 11.6 Å². The van der Waals surface area contributed by atoms with E-state index in [1.54, 1.807) is 0 Å². The number of nitro groups is 1. The fraction of sp³-hybridized carbons (Fsp3) is 0.154. The Morgan fingerprint density at radius 2 is 1.77 bits per heavy atom. The van der Waals surface area contributed by atoms with Gasteiger partial charge >= 0.3 is 17.4 Å².